The molecule has 4 rings (SSSR count). The molecule has 4 aromatic rings. The summed E-state index contributed by atoms with van der Waals surface area (Å²) < 4.78 is 9.19. The fraction of sp³-hybridized carbons (Fsp3) is 0.200. The molecule has 0 spiro atoms. The van der Waals surface area contributed by atoms with Crippen molar-refractivity contribution in [3.63, 3.8) is 0 Å². The molecule has 9 heteroatoms. The molecule has 2 aromatic heterocycles. The van der Waals surface area contributed by atoms with E-state index < -0.39 is 0 Å². The van der Waals surface area contributed by atoms with E-state index in [2.05, 4.69) is 4.99 Å². The summed E-state index contributed by atoms with van der Waals surface area (Å²) in [5.41, 5.74) is 0.787. The number of hydrogen-bond donors (Lipinski definition) is 0. The maximum absolute atomic E-state index is 13.0. The number of benzene rings is 2. The Balaban J connectivity index is 1.85. The summed E-state index contributed by atoms with van der Waals surface area (Å²) in [6.45, 7) is 3.53. The van der Waals surface area contributed by atoms with Gasteiger partial charge in [-0.1, -0.05) is 64.3 Å². The van der Waals surface area contributed by atoms with Gasteiger partial charge in [-0.3, -0.25) is 4.79 Å². The minimum atomic E-state index is -0.380. The van der Waals surface area contributed by atoms with Crippen molar-refractivity contribution in [2.75, 3.05) is 13.2 Å². The van der Waals surface area contributed by atoms with E-state index >= 15 is 0 Å². The van der Waals surface area contributed by atoms with E-state index in [9.17, 15) is 4.79 Å². The second-order valence-corrected chi connectivity index (χ2v) is 9.41. The first-order valence-electron chi connectivity index (χ1n) is 8.81. The maximum atomic E-state index is 13.0. The first-order chi connectivity index (χ1) is 14.0. The fourth-order valence-electron chi connectivity index (χ4n) is 3.01. The number of ether oxygens (including phenoxy) is 1. The predicted octanol–water partition coefficient (Wildman–Crippen LogP) is 6.66. The quantitative estimate of drug-likeness (QED) is 0.297. The third kappa shape index (κ3) is 4.10. The lowest BCUT2D eigenvalue weighted by molar-refractivity contribution is 0.100. The minimum absolute atomic E-state index is 0.380. The van der Waals surface area contributed by atoms with Gasteiger partial charge in [0.15, 0.2) is 4.80 Å². The van der Waals surface area contributed by atoms with Crippen LogP contribution in [0, 0.1) is 0 Å². The fourth-order valence-corrected chi connectivity index (χ4v) is 6.24. The zero-order valence-corrected chi connectivity index (χ0v) is 19.1. The second-order valence-electron chi connectivity index (χ2n) is 6.13. The van der Waals surface area contributed by atoms with E-state index in [1.807, 2.05) is 41.8 Å². The Kier molecular flexibility index (Phi) is 6.30. The zero-order valence-electron chi connectivity index (χ0n) is 15.2. The molecule has 4 nitrogen and oxygen atoms in total. The molecule has 29 heavy (non-hydrogen) atoms. The number of hydrogen-bond acceptors (Lipinski definition) is 4. The van der Waals surface area contributed by atoms with Crippen LogP contribution < -0.4 is 4.80 Å². The van der Waals surface area contributed by atoms with Crippen LogP contribution in [0.2, 0.25) is 15.1 Å². The summed E-state index contributed by atoms with van der Waals surface area (Å²) >= 11 is 21.7. The topological polar surface area (TPSA) is 43.6 Å². The van der Waals surface area contributed by atoms with Gasteiger partial charge in [0.2, 0.25) is 0 Å². The molecule has 0 atom stereocenters. The van der Waals surface area contributed by atoms with Crippen molar-refractivity contribution in [2.24, 2.45) is 4.99 Å². The van der Waals surface area contributed by atoms with Crippen LogP contribution in [-0.2, 0) is 11.3 Å². The molecule has 0 N–H and O–H groups in total. The smallest absolute Gasteiger partial charge is 0.291 e. The van der Waals surface area contributed by atoms with Crippen LogP contribution in [0.4, 0.5) is 0 Å². The normalized spacial score (nSPS) is 12.3. The van der Waals surface area contributed by atoms with Gasteiger partial charge in [-0.15, -0.1) is 11.3 Å². The predicted molar refractivity (Wildman–Crippen MR) is 123 cm³/mol. The van der Waals surface area contributed by atoms with E-state index in [0.29, 0.717) is 44.5 Å². The summed E-state index contributed by atoms with van der Waals surface area (Å²) in [5.74, 6) is -0.380. The highest BCUT2D eigenvalue weighted by Gasteiger charge is 2.18. The lowest BCUT2D eigenvalue weighted by atomic mass is 10.2. The molecule has 1 amide bonds. The molecule has 150 valence electrons. The number of thiophene rings is 1. The van der Waals surface area contributed by atoms with Gasteiger partial charge in [-0.05, 0) is 25.1 Å². The van der Waals surface area contributed by atoms with Crippen LogP contribution in [0.5, 0.6) is 0 Å². The number of nitrogens with zero attached hydrogens (tertiary/aromatic N) is 2. The van der Waals surface area contributed by atoms with Gasteiger partial charge in [0.25, 0.3) is 5.91 Å². The molecular formula is C20H15Cl3N2O2S2. The Hall–Kier alpha value is -1.41. The number of rotatable bonds is 5. The van der Waals surface area contributed by atoms with Gasteiger partial charge in [-0.2, -0.15) is 4.99 Å². The van der Waals surface area contributed by atoms with Gasteiger partial charge in [0.05, 0.1) is 26.9 Å². The van der Waals surface area contributed by atoms with Gasteiger partial charge in [-0.25, -0.2) is 0 Å². The van der Waals surface area contributed by atoms with Gasteiger partial charge < -0.3 is 9.30 Å². The van der Waals surface area contributed by atoms with Crippen molar-refractivity contribution in [1.82, 2.24) is 4.57 Å². The third-order valence-corrected chi connectivity index (χ3v) is 7.48. The number of carbonyl (C=O) groups is 1. The first kappa shape index (κ1) is 20.8. The Morgan fingerprint density at radius 1 is 1.14 bits per heavy atom. The standard InChI is InChI=1S/C20H15Cl3N2O2S2/c1-2-27-8-7-25-17-13(22)9-11(21)10-15(17)29-20(25)24-19(26)18-16(23)12-5-3-4-6-14(12)28-18/h3-6,9-10H,2,7-8H2,1H3. The lowest BCUT2D eigenvalue weighted by Crippen LogP contribution is -2.19. The number of fused-ring (bicyclic) bond motifs is 2. The Bertz CT molecular complexity index is 1290. The van der Waals surface area contributed by atoms with Crippen LogP contribution in [0.15, 0.2) is 41.4 Å². The van der Waals surface area contributed by atoms with E-state index in [-0.39, 0.29) is 5.91 Å². The monoisotopic (exact) mass is 484 g/mol. The van der Waals surface area contributed by atoms with Gasteiger partial charge in [0.1, 0.15) is 4.88 Å². The lowest BCUT2D eigenvalue weighted by Gasteiger charge is -2.06. The molecule has 0 saturated carbocycles. The number of thiazole rings is 1. The van der Waals surface area contributed by atoms with E-state index in [1.165, 1.54) is 22.7 Å². The molecule has 2 aromatic carbocycles. The molecule has 0 aliphatic heterocycles. The molecule has 0 fully saturated rings. The zero-order chi connectivity index (χ0) is 20.5. The molecule has 0 aliphatic carbocycles. The summed E-state index contributed by atoms with van der Waals surface area (Å²) in [4.78, 5) is 18.3. The molecule has 0 unspecified atom stereocenters. The second kappa shape index (κ2) is 8.76. The summed E-state index contributed by atoms with van der Waals surface area (Å²) in [5, 5.41) is 2.33. The third-order valence-electron chi connectivity index (χ3n) is 4.28. The van der Waals surface area contributed by atoms with Crippen LogP contribution in [0.25, 0.3) is 20.3 Å². The van der Waals surface area contributed by atoms with Crippen molar-refractivity contribution < 1.29 is 9.53 Å². The molecule has 0 saturated heterocycles. The molecule has 2 heterocycles. The Labute approximate surface area is 189 Å². The number of carbonyl (C=O) groups excluding carboxylic acids is 1. The van der Waals surface area contributed by atoms with Crippen molar-refractivity contribution in [1.29, 1.82) is 0 Å². The minimum Gasteiger partial charge on any atom is -0.380 e. The van der Waals surface area contributed by atoms with Crippen LogP contribution in [0.1, 0.15) is 16.6 Å². The molecule has 0 radical (unpaired) electrons. The molecule has 0 aliphatic rings. The summed E-state index contributed by atoms with van der Waals surface area (Å²) in [7, 11) is 0. The maximum Gasteiger partial charge on any atom is 0.291 e. The van der Waals surface area contributed by atoms with Crippen LogP contribution in [0.3, 0.4) is 0 Å². The van der Waals surface area contributed by atoms with Crippen LogP contribution in [-0.4, -0.2) is 23.7 Å². The van der Waals surface area contributed by atoms with Crippen molar-refractivity contribution >= 4 is 83.7 Å². The van der Waals surface area contributed by atoms with E-state index in [0.717, 1.165) is 20.3 Å². The highest BCUT2D eigenvalue weighted by Crippen LogP contribution is 2.35. The van der Waals surface area contributed by atoms with Crippen molar-refractivity contribution in [3.05, 3.63) is 61.1 Å². The SMILES string of the molecule is CCOCCn1c(=NC(=O)c2sc3ccccc3c2Cl)sc2cc(Cl)cc(Cl)c21. The molecule has 0 bridgehead atoms. The number of aromatic nitrogens is 1. The van der Waals surface area contributed by atoms with E-state index in [4.69, 9.17) is 39.5 Å². The Morgan fingerprint density at radius 3 is 2.69 bits per heavy atom. The highest BCUT2D eigenvalue weighted by atomic mass is 35.5. The summed E-state index contributed by atoms with van der Waals surface area (Å²) in [6.07, 6.45) is 0. The highest BCUT2D eigenvalue weighted by molar-refractivity contribution is 7.21. The van der Waals surface area contributed by atoms with Crippen molar-refractivity contribution in [2.45, 2.75) is 13.5 Å². The van der Waals surface area contributed by atoms with E-state index in [1.54, 1.807) is 6.07 Å². The average Bonchev–Trinajstić information content (AvgIpc) is 3.20. The number of amides is 1. The van der Waals surface area contributed by atoms with Gasteiger partial charge in [0, 0.05) is 28.3 Å². The Morgan fingerprint density at radius 2 is 1.93 bits per heavy atom. The summed E-state index contributed by atoms with van der Waals surface area (Å²) in [6, 6.07) is 11.1. The largest absolute Gasteiger partial charge is 0.380 e. The molecular weight excluding hydrogens is 471 g/mol. The average molecular weight is 486 g/mol. The first-order valence-corrected chi connectivity index (χ1v) is 11.6. The van der Waals surface area contributed by atoms with Crippen LogP contribution >= 0.6 is 57.5 Å². The number of halogens is 3. The van der Waals surface area contributed by atoms with Gasteiger partial charge >= 0.3 is 0 Å². The van der Waals surface area contributed by atoms with Crippen molar-refractivity contribution in [3.8, 4) is 0 Å².